The monoisotopic (exact) mass is 386 g/mol. The van der Waals surface area contributed by atoms with Crippen LogP contribution in [0.15, 0.2) is 16.7 Å². The molecule has 0 radical (unpaired) electrons. The molecule has 2 heterocycles. The highest BCUT2D eigenvalue weighted by Gasteiger charge is 2.33. The van der Waals surface area contributed by atoms with Gasteiger partial charge in [0.15, 0.2) is 0 Å². The van der Waals surface area contributed by atoms with Crippen molar-refractivity contribution in [2.75, 3.05) is 17.2 Å². The van der Waals surface area contributed by atoms with Crippen LogP contribution < -0.4 is 4.90 Å². The van der Waals surface area contributed by atoms with Gasteiger partial charge in [0, 0.05) is 29.6 Å². The van der Waals surface area contributed by atoms with E-state index < -0.39 is 9.05 Å². The second-order valence-electron chi connectivity index (χ2n) is 4.22. The largest absolute Gasteiger partial charge is 0.296 e. The number of aromatic nitrogens is 1. The summed E-state index contributed by atoms with van der Waals surface area (Å²) in [5, 5.41) is 0.440. The molecule has 0 spiro atoms. The fourth-order valence-electron chi connectivity index (χ4n) is 1.95. The molecular weight excluding hydrogens is 379 g/mol. The molecule has 1 atom stereocenters. The number of halogens is 3. The molecule has 1 aromatic heterocycles. The normalized spacial score (nSPS) is 20.1. The molecular formula is C10H9BrCl2N2O3S. The quantitative estimate of drug-likeness (QED) is 0.590. The number of rotatable bonds is 3. The maximum Gasteiger partial charge on any atom is 0.232 e. The zero-order chi connectivity index (χ0) is 14.2. The second kappa shape index (κ2) is 5.55. The second-order valence-corrected chi connectivity index (χ2v) is 8.20. The Kier molecular flexibility index (Phi) is 4.39. The lowest BCUT2D eigenvalue weighted by Gasteiger charge is -2.15. The lowest BCUT2D eigenvalue weighted by atomic mass is 10.1. The molecule has 19 heavy (non-hydrogen) atoms. The molecule has 2 rings (SSSR count). The summed E-state index contributed by atoms with van der Waals surface area (Å²) in [6.45, 7) is 0.284. The lowest BCUT2D eigenvalue weighted by molar-refractivity contribution is -0.117. The molecule has 9 heteroatoms. The first kappa shape index (κ1) is 15.0. The summed E-state index contributed by atoms with van der Waals surface area (Å²) in [6.07, 6.45) is 0.147. The van der Waals surface area contributed by atoms with E-state index in [4.69, 9.17) is 22.3 Å². The highest BCUT2D eigenvalue weighted by molar-refractivity contribution is 9.10. The molecule has 104 valence electrons. The Bertz CT molecular complexity index is 623. The third-order valence-corrected chi connectivity index (χ3v) is 5.09. The summed E-state index contributed by atoms with van der Waals surface area (Å²) < 4.78 is 22.5. The van der Waals surface area contributed by atoms with E-state index in [0.717, 1.165) is 0 Å². The van der Waals surface area contributed by atoms with Gasteiger partial charge >= 0.3 is 0 Å². The van der Waals surface area contributed by atoms with E-state index in [2.05, 4.69) is 20.9 Å². The predicted molar refractivity (Wildman–Crippen MR) is 77.0 cm³/mol. The predicted octanol–water partition coefficient (Wildman–Crippen LogP) is 2.42. The van der Waals surface area contributed by atoms with E-state index in [9.17, 15) is 13.2 Å². The van der Waals surface area contributed by atoms with Crippen LogP contribution in [0, 0.1) is 5.92 Å². The average molecular weight is 388 g/mol. The van der Waals surface area contributed by atoms with Crippen LogP contribution in [0.1, 0.15) is 6.42 Å². The van der Waals surface area contributed by atoms with Crippen molar-refractivity contribution < 1.29 is 13.2 Å². The summed E-state index contributed by atoms with van der Waals surface area (Å²) in [7, 11) is 1.59. The van der Waals surface area contributed by atoms with Gasteiger partial charge in [-0.15, -0.1) is 0 Å². The average Bonchev–Trinajstić information content (AvgIpc) is 2.61. The van der Waals surface area contributed by atoms with Crippen molar-refractivity contribution in [2.45, 2.75) is 6.42 Å². The highest BCUT2D eigenvalue weighted by Crippen LogP contribution is 2.28. The molecule has 0 aliphatic carbocycles. The van der Waals surface area contributed by atoms with Crippen LogP contribution in [-0.2, 0) is 13.8 Å². The highest BCUT2D eigenvalue weighted by atomic mass is 79.9. The zero-order valence-corrected chi connectivity index (χ0v) is 13.4. The van der Waals surface area contributed by atoms with Gasteiger partial charge in [0.2, 0.25) is 15.0 Å². The third-order valence-electron chi connectivity index (χ3n) is 2.70. The number of hydrogen-bond acceptors (Lipinski definition) is 4. The van der Waals surface area contributed by atoms with Crippen molar-refractivity contribution >= 4 is 59.0 Å². The number of hydrogen-bond donors (Lipinski definition) is 0. The van der Waals surface area contributed by atoms with Crippen LogP contribution in [0.4, 0.5) is 5.82 Å². The minimum Gasteiger partial charge on any atom is -0.296 e. The van der Waals surface area contributed by atoms with E-state index in [1.807, 2.05) is 0 Å². The summed E-state index contributed by atoms with van der Waals surface area (Å²) in [6, 6.07) is 3.23. The molecule has 1 saturated heterocycles. The molecule has 0 bridgehead atoms. The van der Waals surface area contributed by atoms with E-state index in [1.165, 1.54) is 4.90 Å². The summed E-state index contributed by atoms with van der Waals surface area (Å²) in [5.41, 5.74) is 0. The van der Waals surface area contributed by atoms with Crippen LogP contribution in [0.3, 0.4) is 0 Å². The number of anilines is 1. The van der Waals surface area contributed by atoms with Crippen LogP contribution >= 0.6 is 38.2 Å². The standard InChI is InChI=1S/C10H9BrCl2N2O3S/c11-10-7(12)1-2-8(14-10)15-4-6(3-9(15)16)5-19(13,17)18/h1-2,6H,3-5H2. The van der Waals surface area contributed by atoms with E-state index >= 15 is 0 Å². The first-order valence-corrected chi connectivity index (χ1v) is 8.96. The van der Waals surface area contributed by atoms with E-state index in [1.54, 1.807) is 12.1 Å². The molecule has 1 aliphatic heterocycles. The van der Waals surface area contributed by atoms with Gasteiger partial charge < -0.3 is 0 Å². The zero-order valence-electron chi connectivity index (χ0n) is 9.51. The van der Waals surface area contributed by atoms with Gasteiger partial charge in [0.1, 0.15) is 10.4 Å². The van der Waals surface area contributed by atoms with Crippen molar-refractivity contribution in [1.82, 2.24) is 4.98 Å². The summed E-state index contributed by atoms with van der Waals surface area (Å²) in [5.74, 6) is -0.264. The first-order chi connectivity index (χ1) is 8.76. The Morgan fingerprint density at radius 1 is 1.47 bits per heavy atom. The molecule has 1 fully saturated rings. The number of carbonyl (C=O) groups is 1. The van der Waals surface area contributed by atoms with Gasteiger partial charge in [0.05, 0.1) is 10.8 Å². The number of pyridine rings is 1. The molecule has 1 aliphatic rings. The van der Waals surface area contributed by atoms with E-state index in [-0.39, 0.29) is 30.5 Å². The Morgan fingerprint density at radius 3 is 2.74 bits per heavy atom. The van der Waals surface area contributed by atoms with E-state index in [0.29, 0.717) is 15.4 Å². The van der Waals surface area contributed by atoms with Gasteiger partial charge in [0.25, 0.3) is 0 Å². The van der Waals surface area contributed by atoms with Crippen LogP contribution in [0.2, 0.25) is 5.02 Å². The maximum absolute atomic E-state index is 11.9. The van der Waals surface area contributed by atoms with Crippen LogP contribution in [0.5, 0.6) is 0 Å². The molecule has 1 unspecified atom stereocenters. The fourth-order valence-corrected chi connectivity index (χ4v) is 3.69. The van der Waals surface area contributed by atoms with Crippen molar-refractivity contribution in [1.29, 1.82) is 0 Å². The molecule has 0 saturated carbocycles. The molecule has 0 N–H and O–H groups in total. The molecule has 1 aromatic rings. The van der Waals surface area contributed by atoms with Gasteiger partial charge in [-0.05, 0) is 28.1 Å². The fraction of sp³-hybridized carbons (Fsp3) is 0.400. The Morgan fingerprint density at radius 2 is 2.16 bits per heavy atom. The van der Waals surface area contributed by atoms with Gasteiger partial charge in [-0.25, -0.2) is 13.4 Å². The third kappa shape index (κ3) is 3.81. The van der Waals surface area contributed by atoms with Crippen molar-refractivity contribution in [3.63, 3.8) is 0 Å². The Labute approximate surface area is 128 Å². The number of amides is 1. The topological polar surface area (TPSA) is 67.3 Å². The lowest BCUT2D eigenvalue weighted by Crippen LogP contribution is -2.26. The smallest absolute Gasteiger partial charge is 0.232 e. The molecule has 5 nitrogen and oxygen atoms in total. The minimum atomic E-state index is -3.61. The van der Waals surface area contributed by atoms with Gasteiger partial charge in [-0.1, -0.05) is 11.6 Å². The van der Waals surface area contributed by atoms with Crippen molar-refractivity contribution in [2.24, 2.45) is 5.92 Å². The summed E-state index contributed by atoms with van der Waals surface area (Å²) >= 11 is 9.01. The molecule has 0 aromatic carbocycles. The number of carbonyl (C=O) groups excluding carboxylic acids is 1. The van der Waals surface area contributed by atoms with Crippen LogP contribution in [0.25, 0.3) is 0 Å². The molecule has 1 amide bonds. The Balaban J connectivity index is 2.18. The van der Waals surface area contributed by atoms with Gasteiger partial charge in [-0.2, -0.15) is 0 Å². The van der Waals surface area contributed by atoms with Crippen molar-refractivity contribution in [3.8, 4) is 0 Å². The van der Waals surface area contributed by atoms with Crippen molar-refractivity contribution in [3.05, 3.63) is 21.8 Å². The number of nitrogens with zero attached hydrogens (tertiary/aromatic N) is 2. The maximum atomic E-state index is 11.9. The van der Waals surface area contributed by atoms with Gasteiger partial charge in [-0.3, -0.25) is 9.69 Å². The van der Waals surface area contributed by atoms with Crippen LogP contribution in [-0.4, -0.2) is 31.6 Å². The first-order valence-electron chi connectivity index (χ1n) is 5.31. The Hall–Kier alpha value is -0.370. The summed E-state index contributed by atoms with van der Waals surface area (Å²) in [4.78, 5) is 17.4. The minimum absolute atomic E-state index is 0.147. The SMILES string of the molecule is O=C1CC(CS(=O)(=O)Cl)CN1c1ccc(Cl)c(Br)n1.